The van der Waals surface area contributed by atoms with Gasteiger partial charge in [-0.1, -0.05) is 42.0 Å². The van der Waals surface area contributed by atoms with Crippen LogP contribution < -0.4 is 0 Å². The van der Waals surface area contributed by atoms with E-state index < -0.39 is 0 Å². The molecule has 19 heavy (non-hydrogen) atoms. The summed E-state index contributed by atoms with van der Waals surface area (Å²) in [5.74, 6) is 1.77. The Balaban J connectivity index is 2.02. The molecule has 94 valence electrons. The number of hydrogen-bond acceptors (Lipinski definition) is 1. The molecule has 0 unspecified atom stereocenters. The molecule has 0 amide bonds. The summed E-state index contributed by atoms with van der Waals surface area (Å²) in [5.41, 5.74) is 4.93. The third-order valence-corrected chi connectivity index (χ3v) is 3.90. The Morgan fingerprint density at radius 1 is 1.00 bits per heavy atom. The van der Waals surface area contributed by atoms with Gasteiger partial charge in [0.1, 0.15) is 11.3 Å². The summed E-state index contributed by atoms with van der Waals surface area (Å²) in [7, 11) is 0. The highest BCUT2D eigenvalue weighted by atomic mass is 16.3. The molecule has 4 rings (SSSR count). The minimum atomic E-state index is 0.693. The van der Waals surface area contributed by atoms with Crippen LogP contribution in [0.2, 0.25) is 0 Å². The zero-order chi connectivity index (χ0) is 12.8. The fourth-order valence-corrected chi connectivity index (χ4v) is 2.81. The van der Waals surface area contributed by atoms with Crippen molar-refractivity contribution in [2.75, 3.05) is 0 Å². The molecule has 0 atom stereocenters. The van der Waals surface area contributed by atoms with E-state index in [0.717, 1.165) is 11.3 Å². The van der Waals surface area contributed by atoms with E-state index >= 15 is 0 Å². The third kappa shape index (κ3) is 1.77. The van der Waals surface area contributed by atoms with Crippen LogP contribution >= 0.6 is 0 Å². The van der Waals surface area contributed by atoms with Crippen molar-refractivity contribution in [2.45, 2.75) is 25.7 Å². The lowest BCUT2D eigenvalue weighted by Gasteiger charge is -2.01. The normalized spacial score (nSPS) is 15.0. The predicted octanol–water partition coefficient (Wildman–Crippen LogP) is 5.29. The first-order valence-electron chi connectivity index (χ1n) is 6.91. The number of furan rings is 1. The first-order valence-corrected chi connectivity index (χ1v) is 6.91. The maximum atomic E-state index is 6.14. The monoisotopic (exact) mass is 248 g/mol. The van der Waals surface area contributed by atoms with Gasteiger partial charge in [-0.05, 0) is 37.8 Å². The summed E-state index contributed by atoms with van der Waals surface area (Å²) < 4.78 is 6.14. The van der Waals surface area contributed by atoms with E-state index in [0.29, 0.717) is 5.92 Å². The van der Waals surface area contributed by atoms with Gasteiger partial charge in [0.15, 0.2) is 0 Å². The summed E-state index contributed by atoms with van der Waals surface area (Å²) in [6.45, 7) is 2.14. The zero-order valence-corrected chi connectivity index (χ0v) is 11.0. The number of fused-ring (bicyclic) bond motifs is 1. The second-order valence-electron chi connectivity index (χ2n) is 5.48. The lowest BCUT2D eigenvalue weighted by atomic mass is 10.0. The maximum absolute atomic E-state index is 6.14. The lowest BCUT2D eigenvalue weighted by Crippen LogP contribution is -1.82. The van der Waals surface area contributed by atoms with Crippen molar-refractivity contribution in [3.05, 3.63) is 59.7 Å². The summed E-state index contributed by atoms with van der Waals surface area (Å²) in [6.07, 6.45) is 2.59. The lowest BCUT2D eigenvalue weighted by molar-refractivity contribution is 0.627. The number of rotatable bonds is 2. The molecule has 1 aliphatic rings. The Bertz CT molecular complexity index is 733. The van der Waals surface area contributed by atoms with Crippen molar-refractivity contribution in [2.24, 2.45) is 0 Å². The van der Waals surface area contributed by atoms with E-state index in [4.69, 9.17) is 4.42 Å². The fourth-order valence-electron chi connectivity index (χ4n) is 2.81. The van der Waals surface area contributed by atoms with Gasteiger partial charge in [-0.3, -0.25) is 0 Å². The van der Waals surface area contributed by atoms with E-state index in [1.807, 2.05) is 6.07 Å². The topological polar surface area (TPSA) is 13.1 Å². The molecule has 1 aromatic heterocycles. The average Bonchev–Trinajstić information content (AvgIpc) is 3.21. The van der Waals surface area contributed by atoms with Gasteiger partial charge < -0.3 is 4.42 Å². The largest absolute Gasteiger partial charge is 0.456 e. The number of benzene rings is 2. The predicted molar refractivity (Wildman–Crippen MR) is 78.4 cm³/mol. The number of aryl methyl sites for hydroxylation is 1. The molecule has 2 aromatic carbocycles. The highest BCUT2D eigenvalue weighted by Gasteiger charge is 2.31. The summed E-state index contributed by atoms with van der Waals surface area (Å²) in [6, 6.07) is 17.0. The van der Waals surface area contributed by atoms with Gasteiger partial charge in [0, 0.05) is 16.5 Å². The van der Waals surface area contributed by atoms with Crippen molar-refractivity contribution in [3.8, 4) is 11.3 Å². The van der Waals surface area contributed by atoms with Crippen LogP contribution in [0.4, 0.5) is 0 Å². The molecule has 0 saturated heterocycles. The Morgan fingerprint density at radius 2 is 1.79 bits per heavy atom. The van der Waals surface area contributed by atoms with Crippen LogP contribution in [0.25, 0.3) is 22.3 Å². The van der Waals surface area contributed by atoms with Gasteiger partial charge in [0.2, 0.25) is 0 Å². The first-order chi connectivity index (χ1) is 9.33. The van der Waals surface area contributed by atoms with Gasteiger partial charge in [-0.15, -0.1) is 0 Å². The van der Waals surface area contributed by atoms with Crippen LogP contribution in [0.15, 0.2) is 52.9 Å². The molecule has 1 aliphatic carbocycles. The quantitative estimate of drug-likeness (QED) is 0.601. The fraction of sp³-hybridized carbons (Fsp3) is 0.222. The average molecular weight is 248 g/mol. The summed E-state index contributed by atoms with van der Waals surface area (Å²) in [4.78, 5) is 0. The summed E-state index contributed by atoms with van der Waals surface area (Å²) >= 11 is 0. The molecular formula is C18H16O. The van der Waals surface area contributed by atoms with Crippen LogP contribution in [0.3, 0.4) is 0 Å². The second-order valence-corrected chi connectivity index (χ2v) is 5.48. The van der Waals surface area contributed by atoms with Crippen LogP contribution in [0, 0.1) is 6.92 Å². The van der Waals surface area contributed by atoms with Gasteiger partial charge in [-0.2, -0.15) is 0 Å². The standard InChI is InChI=1S/C18H16O/c1-12-7-10-16-15(11-12)17(13-8-9-13)18(19-16)14-5-3-2-4-6-14/h2-7,10-11,13H,8-9H2,1H3. The molecule has 0 radical (unpaired) electrons. The molecule has 1 saturated carbocycles. The Kier molecular flexibility index (Phi) is 2.28. The minimum Gasteiger partial charge on any atom is -0.456 e. The van der Waals surface area contributed by atoms with E-state index in [2.05, 4.69) is 49.4 Å². The third-order valence-electron chi connectivity index (χ3n) is 3.90. The van der Waals surface area contributed by atoms with E-state index in [-0.39, 0.29) is 0 Å². The highest BCUT2D eigenvalue weighted by molar-refractivity contribution is 5.89. The molecule has 0 bridgehead atoms. The second kappa shape index (κ2) is 3.99. The van der Waals surface area contributed by atoms with Crippen molar-refractivity contribution in [1.82, 2.24) is 0 Å². The molecule has 1 heteroatoms. The van der Waals surface area contributed by atoms with Gasteiger partial charge in [0.25, 0.3) is 0 Å². The van der Waals surface area contributed by atoms with Crippen molar-refractivity contribution in [3.63, 3.8) is 0 Å². The Hall–Kier alpha value is -2.02. The molecule has 0 aliphatic heterocycles. The van der Waals surface area contributed by atoms with E-state index in [1.165, 1.54) is 34.9 Å². The molecule has 1 nitrogen and oxygen atoms in total. The zero-order valence-electron chi connectivity index (χ0n) is 11.0. The van der Waals surface area contributed by atoms with E-state index in [1.54, 1.807) is 0 Å². The van der Waals surface area contributed by atoms with Gasteiger partial charge >= 0.3 is 0 Å². The van der Waals surface area contributed by atoms with Gasteiger partial charge in [-0.25, -0.2) is 0 Å². The molecular weight excluding hydrogens is 232 g/mol. The van der Waals surface area contributed by atoms with Crippen LogP contribution in [0.1, 0.15) is 29.9 Å². The molecule has 0 spiro atoms. The number of hydrogen-bond donors (Lipinski definition) is 0. The highest BCUT2D eigenvalue weighted by Crippen LogP contribution is 2.49. The van der Waals surface area contributed by atoms with Crippen LogP contribution in [0.5, 0.6) is 0 Å². The molecule has 1 fully saturated rings. The van der Waals surface area contributed by atoms with Crippen LogP contribution in [-0.4, -0.2) is 0 Å². The summed E-state index contributed by atoms with van der Waals surface area (Å²) in [5, 5.41) is 1.31. The minimum absolute atomic E-state index is 0.693. The van der Waals surface area contributed by atoms with Gasteiger partial charge in [0.05, 0.1) is 0 Å². The smallest absolute Gasteiger partial charge is 0.138 e. The van der Waals surface area contributed by atoms with Crippen LogP contribution in [-0.2, 0) is 0 Å². The maximum Gasteiger partial charge on any atom is 0.138 e. The first kappa shape index (κ1) is 10.9. The SMILES string of the molecule is Cc1ccc2oc(-c3ccccc3)c(C3CC3)c2c1. The van der Waals surface area contributed by atoms with Crippen molar-refractivity contribution in [1.29, 1.82) is 0 Å². The Morgan fingerprint density at radius 3 is 2.53 bits per heavy atom. The van der Waals surface area contributed by atoms with Crippen molar-refractivity contribution >= 4 is 11.0 Å². The molecule has 3 aromatic rings. The van der Waals surface area contributed by atoms with Crippen molar-refractivity contribution < 1.29 is 4.42 Å². The molecule has 1 heterocycles. The van der Waals surface area contributed by atoms with E-state index in [9.17, 15) is 0 Å². The Labute approximate surface area is 112 Å². The molecule has 0 N–H and O–H groups in total.